The summed E-state index contributed by atoms with van der Waals surface area (Å²) in [5.41, 5.74) is -2.08. The minimum Gasteiger partial charge on any atom is -0.394 e. The Labute approximate surface area is 221 Å². The maximum atomic E-state index is 10.3. The van der Waals surface area contributed by atoms with Gasteiger partial charge in [-0.15, -0.1) is 0 Å². The van der Waals surface area contributed by atoms with Gasteiger partial charge in [-0.3, -0.25) is 0 Å². The topological polar surface area (TPSA) is 95.8 Å². The van der Waals surface area contributed by atoms with Gasteiger partial charge in [0.25, 0.3) is 0 Å². The van der Waals surface area contributed by atoms with E-state index in [1.807, 2.05) is 27.7 Å². The third-order valence-electron chi connectivity index (χ3n) is 6.13. The number of hydrogen-bond donors (Lipinski definition) is 2. The predicted octanol–water partition coefficient (Wildman–Crippen LogP) is 4.53. The molecule has 0 radical (unpaired) electrons. The molecule has 0 amide bonds. The van der Waals surface area contributed by atoms with Gasteiger partial charge in [-0.05, 0) is 54.4 Å². The average molecular weight is 523 g/mol. The van der Waals surface area contributed by atoms with Crippen molar-refractivity contribution in [1.29, 1.82) is 0 Å². The van der Waals surface area contributed by atoms with E-state index >= 15 is 0 Å². The first-order valence-corrected chi connectivity index (χ1v) is 13.9. The summed E-state index contributed by atoms with van der Waals surface area (Å²) in [6.45, 7) is 17.2. The van der Waals surface area contributed by atoms with Crippen LogP contribution in [0.2, 0.25) is 0 Å². The zero-order valence-electron chi connectivity index (χ0n) is 24.3. The minimum atomic E-state index is -0.933. The first-order chi connectivity index (χ1) is 17.0. The highest BCUT2D eigenvalue weighted by Gasteiger charge is 2.40. The van der Waals surface area contributed by atoms with E-state index in [0.717, 1.165) is 26.1 Å². The van der Waals surface area contributed by atoms with Crippen molar-refractivity contribution in [3.05, 3.63) is 0 Å². The average Bonchev–Trinajstić information content (AvgIpc) is 2.78. The number of unbranched alkanes of at least 4 members (excludes halogenated alkanes) is 7. The van der Waals surface area contributed by atoms with Crippen LogP contribution in [0.1, 0.15) is 92.9 Å². The fourth-order valence-corrected chi connectivity index (χ4v) is 3.46. The maximum absolute atomic E-state index is 10.3. The molecule has 0 spiro atoms. The Morgan fingerprint density at radius 2 is 0.833 bits per heavy atom. The summed E-state index contributed by atoms with van der Waals surface area (Å²) in [6.07, 6.45) is 9.73. The van der Waals surface area contributed by atoms with E-state index in [9.17, 15) is 5.11 Å². The molecule has 0 aliphatic carbocycles. The van der Waals surface area contributed by atoms with E-state index in [1.54, 1.807) is 13.8 Å². The highest BCUT2D eigenvalue weighted by atomic mass is 16.6. The zero-order valence-corrected chi connectivity index (χ0v) is 24.3. The Kier molecular flexibility index (Phi) is 21.4. The van der Waals surface area contributed by atoms with Crippen LogP contribution in [0.15, 0.2) is 0 Å². The Morgan fingerprint density at radius 3 is 1.25 bits per heavy atom. The minimum absolute atomic E-state index is 0.0526. The maximum Gasteiger partial charge on any atom is 0.0915 e. The summed E-state index contributed by atoms with van der Waals surface area (Å²) in [5, 5.41) is 18.8. The third-order valence-corrected chi connectivity index (χ3v) is 6.13. The van der Waals surface area contributed by atoms with Crippen LogP contribution in [0.5, 0.6) is 0 Å². The van der Waals surface area contributed by atoms with Gasteiger partial charge in [-0.25, -0.2) is 0 Å². The molecule has 0 aromatic heterocycles. The second-order valence-electron chi connectivity index (χ2n) is 11.0. The second kappa shape index (κ2) is 21.6. The number of rotatable bonds is 27. The van der Waals surface area contributed by atoms with Crippen molar-refractivity contribution in [3.8, 4) is 0 Å². The number of ether oxygens (including phenoxy) is 6. The van der Waals surface area contributed by atoms with Crippen LogP contribution in [0, 0.1) is 0 Å². The van der Waals surface area contributed by atoms with Crippen LogP contribution in [-0.4, -0.2) is 99.7 Å². The van der Waals surface area contributed by atoms with Crippen LogP contribution in [-0.2, 0) is 28.4 Å². The van der Waals surface area contributed by atoms with Crippen molar-refractivity contribution in [2.45, 2.75) is 110 Å². The normalized spacial score (nSPS) is 13.0. The van der Waals surface area contributed by atoms with Gasteiger partial charge in [0.2, 0.25) is 0 Å². The lowest BCUT2D eigenvalue weighted by atomic mass is 9.88. The number of hydrogen-bond acceptors (Lipinski definition) is 8. The fourth-order valence-electron chi connectivity index (χ4n) is 3.46. The predicted molar refractivity (Wildman–Crippen MR) is 144 cm³/mol. The summed E-state index contributed by atoms with van der Waals surface area (Å²) >= 11 is 0. The molecule has 0 unspecified atom stereocenters. The van der Waals surface area contributed by atoms with Crippen molar-refractivity contribution in [2.75, 3.05) is 72.7 Å². The second-order valence-corrected chi connectivity index (χ2v) is 11.0. The highest BCUT2D eigenvalue weighted by molar-refractivity contribution is 4.90. The molecule has 0 saturated heterocycles. The molecule has 0 atom stereocenters. The number of aliphatic hydroxyl groups is 2. The summed E-state index contributed by atoms with van der Waals surface area (Å²) in [6, 6.07) is 0. The molecule has 0 fully saturated rings. The van der Waals surface area contributed by atoms with Crippen LogP contribution < -0.4 is 0 Å². The molecule has 8 heteroatoms. The lowest BCUT2D eigenvalue weighted by Gasteiger charge is -2.43. The summed E-state index contributed by atoms with van der Waals surface area (Å²) in [4.78, 5) is 0. The molecule has 0 saturated carbocycles. The molecule has 218 valence electrons. The van der Waals surface area contributed by atoms with Gasteiger partial charge < -0.3 is 38.6 Å². The Hall–Kier alpha value is -0.320. The molecular formula is C28H58O8. The zero-order chi connectivity index (χ0) is 27.2. The van der Waals surface area contributed by atoms with Crippen molar-refractivity contribution in [3.63, 3.8) is 0 Å². The lowest BCUT2D eigenvalue weighted by molar-refractivity contribution is -0.217. The van der Waals surface area contributed by atoms with E-state index in [1.165, 1.54) is 38.5 Å². The first kappa shape index (κ1) is 35.7. The van der Waals surface area contributed by atoms with Crippen LogP contribution in [0.3, 0.4) is 0 Å². The van der Waals surface area contributed by atoms with Gasteiger partial charge >= 0.3 is 0 Å². The van der Waals surface area contributed by atoms with Crippen molar-refractivity contribution in [1.82, 2.24) is 0 Å². The molecule has 0 heterocycles. The van der Waals surface area contributed by atoms with Gasteiger partial charge in [0.15, 0.2) is 0 Å². The van der Waals surface area contributed by atoms with Gasteiger partial charge in [-0.1, -0.05) is 38.5 Å². The van der Waals surface area contributed by atoms with E-state index in [-0.39, 0.29) is 6.61 Å². The quantitative estimate of drug-likeness (QED) is 0.152. The van der Waals surface area contributed by atoms with E-state index in [0.29, 0.717) is 52.9 Å². The van der Waals surface area contributed by atoms with Gasteiger partial charge in [0, 0.05) is 13.2 Å². The van der Waals surface area contributed by atoms with E-state index in [4.69, 9.17) is 33.5 Å². The SMILES string of the molecule is CC(C)(COCCOCCCCCCCCCCOCCOCCOCCO)OC(C)(C)C(C)(C)O. The monoisotopic (exact) mass is 522 g/mol. The van der Waals surface area contributed by atoms with Gasteiger partial charge in [0.05, 0.1) is 76.3 Å². The fraction of sp³-hybridized carbons (Fsp3) is 1.00. The molecule has 0 rings (SSSR count). The van der Waals surface area contributed by atoms with Crippen LogP contribution in [0.25, 0.3) is 0 Å². The van der Waals surface area contributed by atoms with Crippen LogP contribution >= 0.6 is 0 Å². The van der Waals surface area contributed by atoms with Crippen LogP contribution in [0.4, 0.5) is 0 Å². The standard InChI is InChI=1S/C28H58O8/c1-26(2,36-28(5,6)27(3,4)30)25-35-24-23-32-17-14-12-10-8-7-9-11-13-16-31-19-21-34-22-20-33-18-15-29/h29-30H,7-25H2,1-6H3. The van der Waals surface area contributed by atoms with Crippen molar-refractivity contribution < 1.29 is 38.6 Å². The van der Waals surface area contributed by atoms with E-state index in [2.05, 4.69) is 0 Å². The van der Waals surface area contributed by atoms with Gasteiger partial charge in [0.1, 0.15) is 0 Å². The molecule has 0 aliphatic rings. The molecule has 0 aromatic carbocycles. The molecule has 8 nitrogen and oxygen atoms in total. The lowest BCUT2D eigenvalue weighted by Crippen LogP contribution is -2.52. The first-order valence-electron chi connectivity index (χ1n) is 13.9. The smallest absolute Gasteiger partial charge is 0.0915 e. The molecule has 0 bridgehead atoms. The summed E-state index contributed by atoms with van der Waals surface area (Å²) in [5.74, 6) is 0. The molecule has 36 heavy (non-hydrogen) atoms. The molecule has 2 N–H and O–H groups in total. The largest absolute Gasteiger partial charge is 0.394 e. The summed E-state index contributed by atoms with van der Waals surface area (Å²) in [7, 11) is 0. The molecular weight excluding hydrogens is 464 g/mol. The Bertz CT molecular complexity index is 477. The molecule has 0 aliphatic heterocycles. The summed E-state index contributed by atoms with van der Waals surface area (Å²) < 4.78 is 33.6. The van der Waals surface area contributed by atoms with Crippen molar-refractivity contribution >= 4 is 0 Å². The Balaban J connectivity index is 3.34. The number of aliphatic hydroxyl groups excluding tert-OH is 1. The van der Waals surface area contributed by atoms with Gasteiger partial charge in [-0.2, -0.15) is 0 Å². The Morgan fingerprint density at radius 1 is 0.472 bits per heavy atom. The van der Waals surface area contributed by atoms with Crippen molar-refractivity contribution in [2.24, 2.45) is 0 Å². The molecule has 0 aromatic rings. The third kappa shape index (κ3) is 21.7. The van der Waals surface area contributed by atoms with E-state index < -0.39 is 16.8 Å². The highest BCUT2D eigenvalue weighted by Crippen LogP contribution is 2.30.